The van der Waals surface area contributed by atoms with E-state index in [0.717, 1.165) is 67.1 Å². The van der Waals surface area contributed by atoms with Gasteiger partial charge in [0, 0.05) is 81.8 Å². The topological polar surface area (TPSA) is 470 Å². The summed E-state index contributed by atoms with van der Waals surface area (Å²) in [6.07, 6.45) is -5.79. The van der Waals surface area contributed by atoms with Crippen LogP contribution in [-0.2, 0) is 54.0 Å². The largest absolute Gasteiger partial charge is 0.504 e. The van der Waals surface area contributed by atoms with Crippen molar-refractivity contribution in [2.24, 2.45) is 5.92 Å². The molecule has 0 aliphatic carbocycles. The predicted molar refractivity (Wildman–Crippen MR) is 373 cm³/mol. The first-order chi connectivity index (χ1) is 49.2. The summed E-state index contributed by atoms with van der Waals surface area (Å²) in [6.45, 7) is 8.41. The Morgan fingerprint density at radius 1 is 0.718 bits per heavy atom. The van der Waals surface area contributed by atoms with Gasteiger partial charge in [0.25, 0.3) is 18.2 Å². The molecular weight excluding hydrogens is 1390 g/mol. The average Bonchev–Trinajstić information content (AvgIpc) is 1.69. The van der Waals surface area contributed by atoms with Crippen molar-refractivity contribution in [2.75, 3.05) is 59.6 Å². The van der Waals surface area contributed by atoms with Gasteiger partial charge < -0.3 is 101 Å². The first-order valence-electron chi connectivity index (χ1n) is 34.3. The SMILES string of the molecule is COCCCCCCCOc1ccc(-c2nnc(-c3ccc(C(=O)N[C@H]4C[C@H](O)CNC(=O)[C@@H]5[C@@H](O)[C@H](C)CN5C(=O)[C@H]([C@H](O)CCNCCCCCNC(=O)OC(C)(C)C)NC(=O)[C@H]([C@H](O)Cc5ccc(O)c(OSOOO)c5)NC(=O)[C@@H]5C[C@H](O)CN5C(=O)[C@H]([C@H](C)O)NC4=O)cc3)s2)cc1. The number of aromatic nitrogens is 2. The number of carbonyl (C=O) groups is 8. The molecule has 15 N–H and O–H groups in total. The maximum absolute atomic E-state index is 15.2. The van der Waals surface area contributed by atoms with Gasteiger partial charge in [0.1, 0.15) is 57.6 Å². The number of rotatable bonds is 31. The minimum Gasteiger partial charge on any atom is -0.504 e. The van der Waals surface area contributed by atoms with E-state index < -0.39 is 170 Å². The third-order valence-corrected chi connectivity index (χ3v) is 18.8. The lowest BCUT2D eigenvalue weighted by Crippen LogP contribution is -2.64. The molecule has 0 radical (unpaired) electrons. The molecule has 4 aromatic rings. The van der Waals surface area contributed by atoms with Crippen LogP contribution in [0, 0.1) is 5.92 Å². The van der Waals surface area contributed by atoms with Crippen molar-refractivity contribution in [2.45, 2.75) is 190 Å². The highest BCUT2D eigenvalue weighted by Crippen LogP contribution is 2.34. The van der Waals surface area contributed by atoms with E-state index in [1.54, 1.807) is 40.0 Å². The number of phenolic OH excluding ortho intramolecular Hbond substituents is 1. The van der Waals surface area contributed by atoms with E-state index in [2.05, 4.69) is 56.8 Å². The minimum absolute atomic E-state index is 0.0142. The van der Waals surface area contributed by atoms with Crippen LogP contribution >= 0.6 is 23.7 Å². The van der Waals surface area contributed by atoms with Crippen LogP contribution in [-0.4, -0.2) is 247 Å². The molecule has 13 atom stereocenters. The summed E-state index contributed by atoms with van der Waals surface area (Å²) in [6, 6.07) is 5.91. The quantitative estimate of drug-likeness (QED) is 0.0147. The summed E-state index contributed by atoms with van der Waals surface area (Å²) >= 11 is 1.37. The van der Waals surface area contributed by atoms with Crippen molar-refractivity contribution >= 4 is 71.1 Å². The number of alkyl carbamates (subject to hydrolysis) is 1. The van der Waals surface area contributed by atoms with Gasteiger partial charge in [0.2, 0.25) is 35.4 Å². The van der Waals surface area contributed by atoms with Crippen LogP contribution in [0.4, 0.5) is 4.79 Å². The number of fused-ring (bicyclic) bond motifs is 2. The number of carbonyl (C=O) groups excluding carboxylic acids is 8. The molecule has 4 heterocycles. The van der Waals surface area contributed by atoms with Gasteiger partial charge in [-0.15, -0.1) is 10.2 Å². The summed E-state index contributed by atoms with van der Waals surface area (Å²) in [4.78, 5) is 117. The fourth-order valence-corrected chi connectivity index (χ4v) is 13.0. The molecule has 3 aromatic carbocycles. The smallest absolute Gasteiger partial charge is 0.407 e. The maximum atomic E-state index is 15.2. The Morgan fingerprint density at radius 2 is 1.35 bits per heavy atom. The van der Waals surface area contributed by atoms with E-state index in [0.29, 0.717) is 60.3 Å². The van der Waals surface area contributed by atoms with E-state index in [1.807, 2.05) is 24.3 Å². The Morgan fingerprint density at radius 3 is 2.02 bits per heavy atom. The van der Waals surface area contributed by atoms with Gasteiger partial charge >= 0.3 is 6.09 Å². The highest BCUT2D eigenvalue weighted by molar-refractivity contribution is 7.90. The van der Waals surface area contributed by atoms with E-state index in [-0.39, 0.29) is 48.7 Å². The Bertz CT molecular complexity index is 3430. The third-order valence-electron chi connectivity index (χ3n) is 17.4. The number of benzene rings is 3. The van der Waals surface area contributed by atoms with E-state index in [4.69, 9.17) is 23.7 Å². The van der Waals surface area contributed by atoms with Gasteiger partial charge in [-0.05, 0) is 127 Å². The van der Waals surface area contributed by atoms with Crippen molar-refractivity contribution in [3.8, 4) is 38.4 Å². The first-order valence-corrected chi connectivity index (χ1v) is 35.8. The lowest BCUT2D eigenvalue weighted by molar-refractivity contribution is -0.433. The second kappa shape index (κ2) is 40.4. The molecule has 35 heteroatoms. The number of β-amino-alcohol motifs (C(OH)–C–C–N with tert-alkyl or cyclic N) is 1. The zero-order chi connectivity index (χ0) is 74.9. The highest BCUT2D eigenvalue weighted by atomic mass is 32.2. The Labute approximate surface area is 604 Å². The number of methoxy groups -OCH3 is 1. The standard InChI is InChI=1S/C68H97N11O22S2/c1-38-36-79-56(57(38)86)62(91)71-35-44(81)33-47(72-58(87)41-16-18-42(19-17-41)63-76-77-64(102-63)43-20-22-46(23-21-43)97-30-14-9-7-8-13-29-96-6)59(88)73-53(39(2)80)65(92)78-37-45(82)34-48(78)60(89)74-54(51(85)31-40-15-24-49(83)52(32-40)99-103-101-100-95)61(90)75-55(66(79)93)50(84)25-28-69-26-11-10-12-27-70-67(94)98-68(3,4)5/h15-24,32,38-39,44-45,47-48,50-51,53-57,69,80-86,95H,7-14,25-31,33-37H2,1-6H3,(H,70,94)(H,71,91)(H,72,87)(H,73,88)(H,74,89)(H,75,90)/t38-,39+,44+,45+,47+,48+,50-,51-,53+,54+,55+,56+,57+/m1/s1. The van der Waals surface area contributed by atoms with Gasteiger partial charge in [0.15, 0.2) is 11.5 Å². The molecule has 3 saturated heterocycles. The molecule has 103 heavy (non-hydrogen) atoms. The second-order valence-electron chi connectivity index (χ2n) is 26.7. The summed E-state index contributed by atoms with van der Waals surface area (Å²) < 4.78 is 25.8. The molecule has 0 unspecified atom stereocenters. The maximum Gasteiger partial charge on any atom is 0.407 e. The fourth-order valence-electron chi connectivity index (χ4n) is 11.9. The van der Waals surface area contributed by atoms with Gasteiger partial charge in [-0.3, -0.25) is 33.6 Å². The average molecular weight is 1480 g/mol. The highest BCUT2D eigenvalue weighted by Gasteiger charge is 2.50. The van der Waals surface area contributed by atoms with Crippen LogP contribution in [0.25, 0.3) is 21.1 Å². The molecule has 3 fully saturated rings. The first kappa shape index (κ1) is 82.4. The number of aliphatic hydroxyl groups is 6. The summed E-state index contributed by atoms with van der Waals surface area (Å²) in [5, 5.41) is 121. The molecule has 33 nitrogen and oxygen atoms in total. The molecule has 0 spiro atoms. The number of aromatic hydroxyl groups is 1. The number of hydrogen-bond acceptors (Lipinski definition) is 27. The van der Waals surface area contributed by atoms with Crippen molar-refractivity contribution in [1.29, 1.82) is 0 Å². The second-order valence-corrected chi connectivity index (χ2v) is 28.2. The number of aliphatic hydroxyl groups excluding tert-OH is 6. The normalized spacial score (nSPS) is 23.4. The van der Waals surface area contributed by atoms with Crippen LogP contribution < -0.4 is 46.1 Å². The molecule has 1 aromatic heterocycles. The van der Waals surface area contributed by atoms with Crippen LogP contribution in [0.1, 0.15) is 121 Å². The summed E-state index contributed by atoms with van der Waals surface area (Å²) in [5.41, 5.74) is 0.844. The molecule has 3 aliphatic heterocycles. The molecule has 0 saturated carbocycles. The molecular formula is C68H97N11O22S2. The molecule has 8 amide bonds. The lowest BCUT2D eigenvalue weighted by Gasteiger charge is -2.34. The van der Waals surface area contributed by atoms with E-state index >= 15 is 9.59 Å². The van der Waals surface area contributed by atoms with Gasteiger partial charge in [0.05, 0.1) is 43.2 Å². The van der Waals surface area contributed by atoms with Crippen LogP contribution in [0.5, 0.6) is 17.2 Å². The fraction of sp³-hybridized carbons (Fsp3) is 0.588. The van der Waals surface area contributed by atoms with Gasteiger partial charge in [-0.25, -0.2) is 10.1 Å². The molecule has 568 valence electrons. The van der Waals surface area contributed by atoms with Crippen LogP contribution in [0.2, 0.25) is 0 Å². The van der Waals surface area contributed by atoms with Crippen molar-refractivity contribution in [3.63, 3.8) is 0 Å². The van der Waals surface area contributed by atoms with Crippen LogP contribution in [0.3, 0.4) is 0 Å². The van der Waals surface area contributed by atoms with E-state index in [9.17, 15) is 64.5 Å². The monoisotopic (exact) mass is 1480 g/mol. The number of nitrogens with one attached hydrogen (secondary N) is 7. The zero-order valence-electron chi connectivity index (χ0n) is 58.4. The number of unbranched alkanes of at least 4 members (excludes halogenated alkanes) is 6. The molecule has 3 aliphatic rings. The third kappa shape index (κ3) is 24.9. The number of ether oxygens (including phenoxy) is 3. The Kier molecular flexibility index (Phi) is 32.3. The van der Waals surface area contributed by atoms with Crippen molar-refractivity contribution < 1.29 is 107 Å². The number of phenols is 1. The van der Waals surface area contributed by atoms with Crippen LogP contribution in [0.15, 0.2) is 66.7 Å². The predicted octanol–water partition coefficient (Wildman–Crippen LogP) is 1.54. The summed E-state index contributed by atoms with van der Waals surface area (Å²) in [7, 11) is 1.70. The van der Waals surface area contributed by atoms with Crippen molar-refractivity contribution in [3.05, 3.63) is 77.9 Å². The number of hydrogen-bond donors (Lipinski definition) is 15. The van der Waals surface area contributed by atoms with Crippen molar-refractivity contribution in [1.82, 2.24) is 57.2 Å². The van der Waals surface area contributed by atoms with Gasteiger partial charge in [-0.2, -0.15) is 0 Å². The summed E-state index contributed by atoms with van der Waals surface area (Å²) in [5.74, 6) is -8.68. The minimum atomic E-state index is -2.13. The molecule has 0 bridgehead atoms. The zero-order valence-corrected chi connectivity index (χ0v) is 60.0. The molecule has 7 rings (SSSR count). The van der Waals surface area contributed by atoms with Gasteiger partial charge in [-0.1, -0.05) is 71.5 Å². The number of amides is 8. The lowest BCUT2D eigenvalue weighted by atomic mass is 9.98. The number of nitrogens with zero attached hydrogens (tertiary/aromatic N) is 4. The Hall–Kier alpha value is -7.91. The van der Waals surface area contributed by atoms with E-state index in [1.165, 1.54) is 42.5 Å². The Balaban J connectivity index is 1.14.